The van der Waals surface area contributed by atoms with Crippen molar-refractivity contribution in [3.63, 3.8) is 0 Å². The van der Waals surface area contributed by atoms with Crippen molar-refractivity contribution in [3.8, 4) is 0 Å². The number of hydrogen-bond acceptors (Lipinski definition) is 3. The van der Waals surface area contributed by atoms with Crippen LogP contribution in [-0.4, -0.2) is 18.5 Å². The molecule has 0 fully saturated rings. The highest BCUT2D eigenvalue weighted by molar-refractivity contribution is 5.84. The lowest BCUT2D eigenvalue weighted by Crippen LogP contribution is -2.39. The van der Waals surface area contributed by atoms with Crippen LogP contribution in [0.1, 0.15) is 20.8 Å². The van der Waals surface area contributed by atoms with Crippen molar-refractivity contribution in [2.75, 3.05) is 17.6 Å². The predicted octanol–water partition coefficient (Wildman–Crippen LogP) is 2.12. The van der Waals surface area contributed by atoms with E-state index in [0.29, 0.717) is 12.5 Å². The molecule has 1 amide bonds. The number of anilines is 2. The van der Waals surface area contributed by atoms with Crippen LogP contribution in [0.4, 0.5) is 20.2 Å². The van der Waals surface area contributed by atoms with E-state index < -0.39 is 17.7 Å². The maximum Gasteiger partial charge on any atom is 0.242 e. The number of benzene rings is 1. The van der Waals surface area contributed by atoms with E-state index in [1.807, 2.05) is 13.8 Å². The van der Waals surface area contributed by atoms with Crippen LogP contribution in [-0.2, 0) is 4.79 Å². The first-order valence-corrected chi connectivity index (χ1v) is 6.10. The molecule has 19 heavy (non-hydrogen) atoms. The van der Waals surface area contributed by atoms with Gasteiger partial charge >= 0.3 is 0 Å². The molecule has 106 valence electrons. The van der Waals surface area contributed by atoms with E-state index in [-0.39, 0.29) is 17.3 Å². The third kappa shape index (κ3) is 4.39. The maximum atomic E-state index is 13.5. The molecule has 1 aromatic carbocycles. The average molecular weight is 271 g/mol. The fourth-order valence-corrected chi connectivity index (χ4v) is 1.47. The van der Waals surface area contributed by atoms with Crippen molar-refractivity contribution in [1.29, 1.82) is 0 Å². The van der Waals surface area contributed by atoms with Crippen molar-refractivity contribution in [2.45, 2.75) is 26.8 Å². The molecule has 1 aromatic rings. The minimum atomic E-state index is -0.819. The second-order valence-corrected chi connectivity index (χ2v) is 4.86. The van der Waals surface area contributed by atoms with E-state index in [4.69, 9.17) is 5.73 Å². The molecule has 1 unspecified atom stereocenters. The zero-order chi connectivity index (χ0) is 14.6. The average Bonchev–Trinajstić information content (AvgIpc) is 2.30. The van der Waals surface area contributed by atoms with E-state index in [1.165, 1.54) is 6.92 Å². The molecule has 0 saturated heterocycles. The van der Waals surface area contributed by atoms with Crippen LogP contribution in [0.15, 0.2) is 12.1 Å². The van der Waals surface area contributed by atoms with E-state index in [1.54, 1.807) is 0 Å². The summed E-state index contributed by atoms with van der Waals surface area (Å²) < 4.78 is 27.1. The fourth-order valence-electron chi connectivity index (χ4n) is 1.47. The van der Waals surface area contributed by atoms with Gasteiger partial charge in [0.05, 0.1) is 0 Å². The van der Waals surface area contributed by atoms with Crippen LogP contribution in [0.5, 0.6) is 0 Å². The third-order valence-corrected chi connectivity index (χ3v) is 2.50. The standard InChI is InChI=1S/C13H19F2N3O/c1-7(2)6-17-13(19)8(3)18-12-10(14)4-9(16)5-11(12)15/h4-5,7-8,18H,6,16H2,1-3H3,(H,17,19). The zero-order valence-electron chi connectivity index (χ0n) is 11.3. The molecule has 0 heterocycles. The van der Waals surface area contributed by atoms with Crippen molar-refractivity contribution >= 4 is 17.3 Å². The van der Waals surface area contributed by atoms with Crippen molar-refractivity contribution in [1.82, 2.24) is 5.32 Å². The van der Waals surface area contributed by atoms with Crippen molar-refractivity contribution in [3.05, 3.63) is 23.8 Å². The van der Waals surface area contributed by atoms with Crippen LogP contribution in [0.25, 0.3) is 0 Å². The van der Waals surface area contributed by atoms with Crippen LogP contribution >= 0.6 is 0 Å². The van der Waals surface area contributed by atoms with Gasteiger partial charge in [0.1, 0.15) is 11.7 Å². The molecule has 0 aliphatic carbocycles. The van der Waals surface area contributed by atoms with Gasteiger partial charge in [0.2, 0.25) is 5.91 Å². The minimum Gasteiger partial charge on any atom is -0.399 e. The monoisotopic (exact) mass is 271 g/mol. The van der Waals surface area contributed by atoms with Crippen LogP contribution < -0.4 is 16.4 Å². The molecule has 4 N–H and O–H groups in total. The summed E-state index contributed by atoms with van der Waals surface area (Å²) in [5, 5.41) is 5.19. The Bertz CT molecular complexity index is 440. The second kappa shape index (κ2) is 6.36. The topological polar surface area (TPSA) is 67.2 Å². The lowest BCUT2D eigenvalue weighted by Gasteiger charge is -2.17. The van der Waals surface area contributed by atoms with Crippen LogP contribution in [0.3, 0.4) is 0 Å². The fraction of sp³-hybridized carbons (Fsp3) is 0.462. The number of carbonyl (C=O) groups is 1. The van der Waals surface area contributed by atoms with Gasteiger partial charge in [-0.25, -0.2) is 8.78 Å². The molecule has 4 nitrogen and oxygen atoms in total. The Labute approximate surface area is 111 Å². The molecular formula is C13H19F2N3O. The molecule has 1 atom stereocenters. The number of carbonyl (C=O) groups excluding carboxylic acids is 1. The summed E-state index contributed by atoms with van der Waals surface area (Å²) in [6.45, 7) is 5.96. The molecule has 1 rings (SSSR count). The van der Waals surface area contributed by atoms with Gasteiger partial charge in [-0.15, -0.1) is 0 Å². The van der Waals surface area contributed by atoms with Crippen molar-refractivity contribution in [2.24, 2.45) is 5.92 Å². The quantitative estimate of drug-likeness (QED) is 0.719. The molecule has 0 bridgehead atoms. The second-order valence-electron chi connectivity index (χ2n) is 4.86. The highest BCUT2D eigenvalue weighted by atomic mass is 19.1. The summed E-state index contributed by atoms with van der Waals surface area (Å²) in [6.07, 6.45) is 0. The number of hydrogen-bond donors (Lipinski definition) is 3. The van der Waals surface area contributed by atoms with Gasteiger partial charge in [0.25, 0.3) is 0 Å². The molecule has 0 spiro atoms. The first kappa shape index (κ1) is 15.2. The van der Waals surface area contributed by atoms with Gasteiger partial charge < -0.3 is 16.4 Å². The van der Waals surface area contributed by atoms with Crippen LogP contribution in [0, 0.1) is 17.6 Å². The predicted molar refractivity (Wildman–Crippen MR) is 71.7 cm³/mol. The molecule has 6 heteroatoms. The Kier molecular flexibility index (Phi) is 5.09. The SMILES string of the molecule is CC(C)CNC(=O)C(C)Nc1c(F)cc(N)cc1F. The van der Waals surface area contributed by atoms with Crippen LogP contribution in [0.2, 0.25) is 0 Å². The molecule has 0 radical (unpaired) electrons. The number of nitrogen functional groups attached to an aromatic ring is 1. The van der Waals surface area contributed by atoms with Gasteiger partial charge in [0, 0.05) is 12.2 Å². The molecule has 0 saturated carbocycles. The Morgan fingerprint density at radius 3 is 2.26 bits per heavy atom. The highest BCUT2D eigenvalue weighted by Crippen LogP contribution is 2.22. The normalized spacial score (nSPS) is 12.3. The minimum absolute atomic E-state index is 0.00235. The Morgan fingerprint density at radius 1 is 1.26 bits per heavy atom. The van der Waals surface area contributed by atoms with E-state index >= 15 is 0 Å². The first-order valence-electron chi connectivity index (χ1n) is 6.10. The van der Waals surface area contributed by atoms with E-state index in [0.717, 1.165) is 12.1 Å². The summed E-state index contributed by atoms with van der Waals surface area (Å²) in [4.78, 5) is 11.7. The van der Waals surface area contributed by atoms with Gasteiger partial charge in [-0.2, -0.15) is 0 Å². The van der Waals surface area contributed by atoms with Gasteiger partial charge in [-0.1, -0.05) is 13.8 Å². The lowest BCUT2D eigenvalue weighted by atomic mass is 10.2. The first-order chi connectivity index (χ1) is 8.81. The molecule has 0 aliphatic heterocycles. The maximum absolute atomic E-state index is 13.5. The summed E-state index contributed by atoms with van der Waals surface area (Å²) in [6, 6.07) is 1.26. The van der Waals surface area contributed by atoms with Gasteiger partial charge in [-0.05, 0) is 25.0 Å². The Morgan fingerprint density at radius 2 is 1.79 bits per heavy atom. The lowest BCUT2D eigenvalue weighted by molar-refractivity contribution is -0.121. The smallest absolute Gasteiger partial charge is 0.242 e. The number of nitrogens with one attached hydrogen (secondary N) is 2. The number of nitrogens with two attached hydrogens (primary N) is 1. The van der Waals surface area contributed by atoms with E-state index in [9.17, 15) is 13.6 Å². The number of halogens is 2. The van der Waals surface area contributed by atoms with Gasteiger partial charge in [-0.3, -0.25) is 4.79 Å². The zero-order valence-corrected chi connectivity index (χ0v) is 11.3. The summed E-state index contributed by atoms with van der Waals surface area (Å²) in [5.41, 5.74) is 4.96. The number of amides is 1. The van der Waals surface area contributed by atoms with Crippen molar-refractivity contribution < 1.29 is 13.6 Å². The highest BCUT2D eigenvalue weighted by Gasteiger charge is 2.17. The largest absolute Gasteiger partial charge is 0.399 e. The summed E-state index contributed by atoms with van der Waals surface area (Å²) >= 11 is 0. The molecule has 0 aromatic heterocycles. The number of rotatable bonds is 5. The summed E-state index contributed by atoms with van der Waals surface area (Å²) in [5.74, 6) is -1.65. The van der Waals surface area contributed by atoms with E-state index in [2.05, 4.69) is 10.6 Å². The Hall–Kier alpha value is -1.85. The molecular weight excluding hydrogens is 252 g/mol. The summed E-state index contributed by atoms with van der Waals surface area (Å²) in [7, 11) is 0. The Balaban J connectivity index is 2.71. The van der Waals surface area contributed by atoms with Gasteiger partial charge in [0.15, 0.2) is 11.6 Å². The molecule has 0 aliphatic rings. The third-order valence-electron chi connectivity index (χ3n) is 2.50.